The average Bonchev–Trinajstić information content (AvgIpc) is 3.03. The second kappa shape index (κ2) is 7.37. The van der Waals surface area contributed by atoms with Gasteiger partial charge < -0.3 is 9.47 Å². The first-order chi connectivity index (χ1) is 13.2. The van der Waals surface area contributed by atoms with Crippen molar-refractivity contribution in [2.75, 3.05) is 13.7 Å². The monoisotopic (exact) mass is 377 g/mol. The van der Waals surface area contributed by atoms with Crippen LogP contribution in [0.1, 0.15) is 21.9 Å². The van der Waals surface area contributed by atoms with Gasteiger partial charge >= 0.3 is 5.97 Å². The summed E-state index contributed by atoms with van der Waals surface area (Å²) in [6.45, 7) is 2.33. The number of ether oxygens (including phenoxy) is 2. The number of aryl methyl sites for hydroxylation is 1. The summed E-state index contributed by atoms with van der Waals surface area (Å²) in [4.78, 5) is 18.1. The molecule has 0 amide bonds. The van der Waals surface area contributed by atoms with E-state index in [1.807, 2.05) is 55.5 Å². The Balaban J connectivity index is 1.88. The lowest BCUT2D eigenvalue weighted by Gasteiger charge is -2.17. The minimum absolute atomic E-state index is 0.259. The van der Waals surface area contributed by atoms with Crippen LogP contribution in [-0.2, 0) is 9.53 Å². The van der Waals surface area contributed by atoms with Gasteiger partial charge in [0.2, 0.25) is 5.88 Å². The number of aromatic nitrogens is 1. The van der Waals surface area contributed by atoms with Gasteiger partial charge in [-0.25, -0.2) is 9.78 Å². The van der Waals surface area contributed by atoms with Crippen molar-refractivity contribution in [3.63, 3.8) is 0 Å². The highest BCUT2D eigenvalue weighted by Gasteiger charge is 2.33. The third-order valence-corrected chi connectivity index (χ3v) is 5.68. The summed E-state index contributed by atoms with van der Waals surface area (Å²) in [6.07, 6.45) is 1.80. The van der Waals surface area contributed by atoms with E-state index in [0.29, 0.717) is 11.5 Å². The minimum atomic E-state index is -0.340. The molecule has 5 heteroatoms. The molecule has 2 heterocycles. The van der Waals surface area contributed by atoms with Gasteiger partial charge in [-0.05, 0) is 18.6 Å². The standard InChI is InChI=1S/C22H19NO3S/c1-14-7-6-10-16(13-14)18-17(22(24)25-2)11-12-26-20-19(18)27-21(23-20)15-8-4-3-5-9-15/h3-11,13,18H,12H2,1-2H3. The molecule has 3 aromatic rings. The number of methoxy groups -OCH3 is 1. The molecule has 0 radical (unpaired) electrons. The fraction of sp³-hybridized carbons (Fsp3) is 0.182. The number of benzene rings is 2. The predicted molar refractivity (Wildman–Crippen MR) is 106 cm³/mol. The van der Waals surface area contributed by atoms with E-state index in [1.54, 1.807) is 17.4 Å². The number of hydrogen-bond donors (Lipinski definition) is 0. The summed E-state index contributed by atoms with van der Waals surface area (Å²) < 4.78 is 10.9. The number of fused-ring (bicyclic) bond motifs is 1. The summed E-state index contributed by atoms with van der Waals surface area (Å²) in [5.41, 5.74) is 3.79. The first-order valence-electron chi connectivity index (χ1n) is 8.71. The highest BCUT2D eigenvalue weighted by Crippen LogP contribution is 2.45. The van der Waals surface area contributed by atoms with Crippen molar-refractivity contribution >= 4 is 17.3 Å². The highest BCUT2D eigenvalue weighted by atomic mass is 32.1. The van der Waals surface area contributed by atoms with E-state index in [0.717, 1.165) is 26.6 Å². The van der Waals surface area contributed by atoms with E-state index < -0.39 is 0 Å². The molecule has 0 aliphatic carbocycles. The van der Waals surface area contributed by atoms with Crippen LogP contribution in [0.15, 0.2) is 66.2 Å². The molecule has 1 unspecified atom stereocenters. The largest absolute Gasteiger partial charge is 0.473 e. The van der Waals surface area contributed by atoms with Gasteiger partial charge in [-0.15, -0.1) is 11.3 Å². The van der Waals surface area contributed by atoms with Crippen LogP contribution < -0.4 is 4.74 Å². The molecule has 0 saturated heterocycles. The van der Waals surface area contributed by atoms with Crippen LogP contribution >= 0.6 is 11.3 Å². The molecule has 0 N–H and O–H groups in total. The molecule has 27 heavy (non-hydrogen) atoms. The maximum atomic E-state index is 12.5. The Hall–Kier alpha value is -2.92. The van der Waals surface area contributed by atoms with Gasteiger partial charge in [0.15, 0.2) is 0 Å². The summed E-state index contributed by atoms with van der Waals surface area (Å²) in [6, 6.07) is 18.2. The van der Waals surface area contributed by atoms with Crippen molar-refractivity contribution in [2.24, 2.45) is 0 Å². The van der Waals surface area contributed by atoms with Crippen molar-refractivity contribution in [1.29, 1.82) is 0 Å². The number of rotatable bonds is 3. The van der Waals surface area contributed by atoms with Crippen molar-refractivity contribution in [3.05, 3.63) is 82.3 Å². The molecular formula is C22H19NO3S. The molecule has 0 fully saturated rings. The molecule has 1 aliphatic rings. The zero-order chi connectivity index (χ0) is 18.8. The van der Waals surface area contributed by atoms with Gasteiger partial charge in [0.1, 0.15) is 11.6 Å². The maximum absolute atomic E-state index is 12.5. The second-order valence-corrected chi connectivity index (χ2v) is 7.39. The minimum Gasteiger partial charge on any atom is -0.473 e. The third-order valence-electron chi connectivity index (χ3n) is 4.53. The van der Waals surface area contributed by atoms with Gasteiger partial charge in [-0.3, -0.25) is 0 Å². The molecule has 4 nitrogen and oxygen atoms in total. The summed E-state index contributed by atoms with van der Waals surface area (Å²) >= 11 is 1.56. The summed E-state index contributed by atoms with van der Waals surface area (Å²) in [7, 11) is 1.41. The summed E-state index contributed by atoms with van der Waals surface area (Å²) in [5, 5.41) is 0.879. The van der Waals surface area contributed by atoms with Crippen LogP contribution in [0.3, 0.4) is 0 Å². The molecular weight excluding hydrogens is 358 g/mol. The molecule has 0 saturated carbocycles. The van der Waals surface area contributed by atoms with E-state index in [-0.39, 0.29) is 18.5 Å². The number of esters is 1. The van der Waals surface area contributed by atoms with Gasteiger partial charge in [0.25, 0.3) is 0 Å². The molecule has 1 atom stereocenters. The van der Waals surface area contributed by atoms with Crippen LogP contribution in [0.5, 0.6) is 5.88 Å². The van der Waals surface area contributed by atoms with Crippen molar-refractivity contribution in [2.45, 2.75) is 12.8 Å². The summed E-state index contributed by atoms with van der Waals surface area (Å²) in [5.74, 6) is -0.0158. The fourth-order valence-electron chi connectivity index (χ4n) is 3.28. The fourth-order valence-corrected chi connectivity index (χ4v) is 4.44. The SMILES string of the molecule is COC(=O)C1=CCOc2nc(-c3ccccc3)sc2C1c1cccc(C)c1. The van der Waals surface area contributed by atoms with Crippen LogP contribution in [0.2, 0.25) is 0 Å². The van der Waals surface area contributed by atoms with Crippen molar-refractivity contribution < 1.29 is 14.3 Å². The molecule has 2 aromatic carbocycles. The molecule has 0 bridgehead atoms. The van der Waals surface area contributed by atoms with Gasteiger partial charge in [-0.1, -0.05) is 60.2 Å². The van der Waals surface area contributed by atoms with Crippen LogP contribution in [-0.4, -0.2) is 24.7 Å². The molecule has 1 aromatic heterocycles. The van der Waals surface area contributed by atoms with Crippen LogP contribution in [0.25, 0.3) is 10.6 Å². The average molecular weight is 377 g/mol. The second-order valence-electron chi connectivity index (χ2n) is 6.36. The highest BCUT2D eigenvalue weighted by molar-refractivity contribution is 7.15. The zero-order valence-corrected chi connectivity index (χ0v) is 16.0. The van der Waals surface area contributed by atoms with Crippen molar-refractivity contribution in [3.8, 4) is 16.5 Å². The number of hydrogen-bond acceptors (Lipinski definition) is 5. The molecule has 136 valence electrons. The lowest BCUT2D eigenvalue weighted by molar-refractivity contribution is -0.136. The Bertz CT molecular complexity index is 1010. The first-order valence-corrected chi connectivity index (χ1v) is 9.53. The zero-order valence-electron chi connectivity index (χ0n) is 15.1. The Morgan fingerprint density at radius 2 is 2.00 bits per heavy atom. The van der Waals surface area contributed by atoms with E-state index in [9.17, 15) is 4.79 Å². The Labute approximate surface area is 162 Å². The lowest BCUT2D eigenvalue weighted by atomic mass is 9.89. The van der Waals surface area contributed by atoms with Gasteiger partial charge in [0.05, 0.1) is 17.9 Å². The first kappa shape index (κ1) is 17.5. The number of carbonyl (C=O) groups is 1. The normalized spacial score (nSPS) is 15.9. The van der Waals surface area contributed by atoms with Crippen LogP contribution in [0, 0.1) is 6.92 Å². The number of carbonyl (C=O) groups excluding carboxylic acids is 1. The Kier molecular flexibility index (Phi) is 4.77. The van der Waals surface area contributed by atoms with E-state index in [4.69, 9.17) is 14.5 Å². The third kappa shape index (κ3) is 3.38. The predicted octanol–water partition coefficient (Wildman–Crippen LogP) is 4.74. The Morgan fingerprint density at radius 1 is 1.19 bits per heavy atom. The maximum Gasteiger partial charge on any atom is 0.334 e. The van der Waals surface area contributed by atoms with Gasteiger partial charge in [0, 0.05) is 11.1 Å². The van der Waals surface area contributed by atoms with E-state index in [2.05, 4.69) is 6.07 Å². The Morgan fingerprint density at radius 3 is 2.74 bits per heavy atom. The van der Waals surface area contributed by atoms with Crippen LogP contribution in [0.4, 0.5) is 0 Å². The quantitative estimate of drug-likeness (QED) is 0.619. The number of nitrogens with zero attached hydrogens (tertiary/aromatic N) is 1. The lowest BCUT2D eigenvalue weighted by Crippen LogP contribution is -2.14. The van der Waals surface area contributed by atoms with Crippen molar-refractivity contribution in [1.82, 2.24) is 4.98 Å². The number of thiazole rings is 1. The van der Waals surface area contributed by atoms with E-state index in [1.165, 1.54) is 7.11 Å². The van der Waals surface area contributed by atoms with E-state index >= 15 is 0 Å². The molecule has 0 spiro atoms. The molecule has 4 rings (SSSR count). The van der Waals surface area contributed by atoms with Gasteiger partial charge in [-0.2, -0.15) is 0 Å². The smallest absolute Gasteiger partial charge is 0.334 e. The topological polar surface area (TPSA) is 48.4 Å². The molecule has 1 aliphatic heterocycles.